The molecule has 3 N–H and O–H groups in total. The molecule has 0 aliphatic rings. The Morgan fingerprint density at radius 3 is 2.84 bits per heavy atom. The van der Waals surface area contributed by atoms with Crippen molar-refractivity contribution in [2.75, 3.05) is 5.32 Å². The van der Waals surface area contributed by atoms with Gasteiger partial charge in [0, 0.05) is 5.69 Å². The lowest BCUT2D eigenvalue weighted by Gasteiger charge is -2.12. The molecule has 100 valence electrons. The number of rotatable bonds is 5. The Morgan fingerprint density at radius 1 is 1.42 bits per heavy atom. The fourth-order valence-electron chi connectivity index (χ4n) is 1.76. The van der Waals surface area contributed by atoms with Crippen LogP contribution in [0.5, 0.6) is 0 Å². The molecule has 1 aromatic heterocycles. The first-order chi connectivity index (χ1) is 9.20. The molecule has 2 rings (SSSR count). The Labute approximate surface area is 111 Å². The Bertz CT molecular complexity index is 538. The number of nitrogens with zero attached hydrogens (tertiary/aromatic N) is 3. The Hall–Kier alpha value is -2.21. The lowest BCUT2D eigenvalue weighted by molar-refractivity contribution is -0.117. The third-order valence-corrected chi connectivity index (χ3v) is 2.77. The molecular formula is C13H17N5O. The minimum Gasteiger partial charge on any atom is -0.325 e. The van der Waals surface area contributed by atoms with Crippen molar-refractivity contribution >= 4 is 11.6 Å². The van der Waals surface area contributed by atoms with Crippen LogP contribution in [0.1, 0.15) is 19.8 Å². The van der Waals surface area contributed by atoms with Crippen LogP contribution in [0.15, 0.2) is 36.9 Å². The van der Waals surface area contributed by atoms with Crippen LogP contribution in [0.2, 0.25) is 0 Å². The second-order valence-electron chi connectivity index (χ2n) is 4.30. The summed E-state index contributed by atoms with van der Waals surface area (Å²) < 4.78 is 1.77. The first-order valence-electron chi connectivity index (χ1n) is 6.22. The average molecular weight is 259 g/mol. The van der Waals surface area contributed by atoms with Crippen molar-refractivity contribution in [3.05, 3.63) is 36.9 Å². The summed E-state index contributed by atoms with van der Waals surface area (Å²) in [5.74, 6) is -0.164. The number of nitrogens with one attached hydrogen (secondary N) is 1. The van der Waals surface area contributed by atoms with E-state index in [1.165, 1.54) is 0 Å². The van der Waals surface area contributed by atoms with Crippen LogP contribution >= 0.6 is 0 Å². The summed E-state index contributed by atoms with van der Waals surface area (Å²) in [6, 6.07) is 6.97. The summed E-state index contributed by atoms with van der Waals surface area (Å²) in [5, 5.41) is 10.3. The SMILES string of the molecule is CCC[C@@H](N)C(=O)Nc1cccc(-n2cnnc2)c1. The largest absolute Gasteiger partial charge is 0.325 e. The molecule has 6 nitrogen and oxygen atoms in total. The average Bonchev–Trinajstić information content (AvgIpc) is 2.93. The summed E-state index contributed by atoms with van der Waals surface area (Å²) in [6.07, 6.45) is 4.76. The molecule has 0 unspecified atom stereocenters. The van der Waals surface area contributed by atoms with Gasteiger partial charge in [-0.05, 0) is 24.6 Å². The van der Waals surface area contributed by atoms with Gasteiger partial charge in [-0.15, -0.1) is 10.2 Å². The maximum atomic E-state index is 11.8. The molecule has 0 spiro atoms. The van der Waals surface area contributed by atoms with E-state index in [0.29, 0.717) is 12.1 Å². The molecule has 1 aromatic carbocycles. The number of hydrogen-bond donors (Lipinski definition) is 2. The van der Waals surface area contributed by atoms with Gasteiger partial charge in [0.25, 0.3) is 0 Å². The maximum absolute atomic E-state index is 11.8. The first kappa shape index (κ1) is 13.2. The minimum atomic E-state index is -0.469. The van der Waals surface area contributed by atoms with E-state index in [1.807, 2.05) is 31.2 Å². The van der Waals surface area contributed by atoms with E-state index in [4.69, 9.17) is 5.73 Å². The molecule has 0 fully saturated rings. The number of aromatic nitrogens is 3. The number of amides is 1. The fourth-order valence-corrected chi connectivity index (χ4v) is 1.76. The van der Waals surface area contributed by atoms with Gasteiger partial charge < -0.3 is 11.1 Å². The van der Waals surface area contributed by atoms with Crippen molar-refractivity contribution in [2.45, 2.75) is 25.8 Å². The van der Waals surface area contributed by atoms with Gasteiger partial charge in [-0.1, -0.05) is 19.4 Å². The first-order valence-corrected chi connectivity index (χ1v) is 6.22. The summed E-state index contributed by atoms with van der Waals surface area (Å²) in [4.78, 5) is 11.8. The van der Waals surface area contributed by atoms with Crippen LogP contribution in [0.4, 0.5) is 5.69 Å². The number of nitrogens with two attached hydrogens (primary N) is 1. The minimum absolute atomic E-state index is 0.164. The van der Waals surface area contributed by atoms with Crippen molar-refractivity contribution in [1.82, 2.24) is 14.8 Å². The van der Waals surface area contributed by atoms with E-state index < -0.39 is 6.04 Å². The van der Waals surface area contributed by atoms with Crippen LogP contribution in [0.3, 0.4) is 0 Å². The van der Waals surface area contributed by atoms with Crippen molar-refractivity contribution in [3.8, 4) is 5.69 Å². The van der Waals surface area contributed by atoms with E-state index in [9.17, 15) is 4.79 Å². The Balaban J connectivity index is 2.09. The highest BCUT2D eigenvalue weighted by Gasteiger charge is 2.12. The Kier molecular flexibility index (Phi) is 4.25. The number of carbonyl (C=O) groups is 1. The third-order valence-electron chi connectivity index (χ3n) is 2.77. The highest BCUT2D eigenvalue weighted by molar-refractivity contribution is 5.94. The van der Waals surface area contributed by atoms with Crippen LogP contribution in [-0.2, 0) is 4.79 Å². The molecule has 2 aromatic rings. The third kappa shape index (κ3) is 3.38. The van der Waals surface area contributed by atoms with E-state index in [1.54, 1.807) is 17.2 Å². The van der Waals surface area contributed by atoms with Crippen LogP contribution in [0.25, 0.3) is 5.69 Å². The van der Waals surface area contributed by atoms with Crippen molar-refractivity contribution in [1.29, 1.82) is 0 Å². The summed E-state index contributed by atoms with van der Waals surface area (Å²) in [5.41, 5.74) is 7.36. The molecular weight excluding hydrogens is 242 g/mol. The molecule has 0 aliphatic carbocycles. The topological polar surface area (TPSA) is 85.8 Å². The lowest BCUT2D eigenvalue weighted by atomic mass is 10.1. The van der Waals surface area contributed by atoms with Crippen LogP contribution in [0, 0.1) is 0 Å². The summed E-state index contributed by atoms with van der Waals surface area (Å²) in [6.45, 7) is 2.00. The number of hydrogen-bond acceptors (Lipinski definition) is 4. The zero-order valence-corrected chi connectivity index (χ0v) is 10.8. The van der Waals surface area contributed by atoms with Gasteiger partial charge >= 0.3 is 0 Å². The van der Waals surface area contributed by atoms with Crippen molar-refractivity contribution in [2.24, 2.45) is 5.73 Å². The smallest absolute Gasteiger partial charge is 0.241 e. The summed E-state index contributed by atoms with van der Waals surface area (Å²) in [7, 11) is 0. The number of benzene rings is 1. The summed E-state index contributed by atoms with van der Waals surface area (Å²) >= 11 is 0. The number of carbonyl (C=O) groups excluding carboxylic acids is 1. The lowest BCUT2D eigenvalue weighted by Crippen LogP contribution is -2.35. The van der Waals surface area contributed by atoms with Gasteiger partial charge in [0.1, 0.15) is 12.7 Å². The second kappa shape index (κ2) is 6.10. The van der Waals surface area contributed by atoms with E-state index >= 15 is 0 Å². The molecule has 0 saturated heterocycles. The zero-order chi connectivity index (χ0) is 13.7. The van der Waals surface area contributed by atoms with E-state index in [2.05, 4.69) is 15.5 Å². The van der Waals surface area contributed by atoms with Crippen molar-refractivity contribution < 1.29 is 4.79 Å². The van der Waals surface area contributed by atoms with Crippen LogP contribution < -0.4 is 11.1 Å². The quantitative estimate of drug-likeness (QED) is 0.848. The monoisotopic (exact) mass is 259 g/mol. The van der Waals surface area contributed by atoms with Gasteiger partial charge in [-0.2, -0.15) is 0 Å². The van der Waals surface area contributed by atoms with Crippen LogP contribution in [-0.4, -0.2) is 26.7 Å². The molecule has 6 heteroatoms. The second-order valence-corrected chi connectivity index (χ2v) is 4.30. The molecule has 1 heterocycles. The van der Waals surface area contributed by atoms with Gasteiger partial charge in [0.2, 0.25) is 5.91 Å². The molecule has 19 heavy (non-hydrogen) atoms. The molecule has 0 bridgehead atoms. The molecule has 0 saturated carbocycles. The molecule has 0 aliphatic heterocycles. The highest BCUT2D eigenvalue weighted by Crippen LogP contribution is 2.14. The normalized spacial score (nSPS) is 12.1. The molecule has 1 amide bonds. The highest BCUT2D eigenvalue weighted by atomic mass is 16.2. The number of anilines is 1. The van der Waals surface area contributed by atoms with Crippen molar-refractivity contribution in [3.63, 3.8) is 0 Å². The predicted octanol–water partition coefficient (Wildman–Crippen LogP) is 1.33. The molecule has 0 radical (unpaired) electrons. The zero-order valence-electron chi connectivity index (χ0n) is 10.8. The van der Waals surface area contributed by atoms with Gasteiger partial charge in [0.15, 0.2) is 0 Å². The van der Waals surface area contributed by atoms with E-state index in [0.717, 1.165) is 12.1 Å². The predicted molar refractivity (Wildman–Crippen MR) is 72.9 cm³/mol. The fraction of sp³-hybridized carbons (Fsp3) is 0.308. The van der Waals surface area contributed by atoms with Gasteiger partial charge in [-0.3, -0.25) is 9.36 Å². The molecule has 1 atom stereocenters. The van der Waals surface area contributed by atoms with Gasteiger partial charge in [-0.25, -0.2) is 0 Å². The maximum Gasteiger partial charge on any atom is 0.241 e. The van der Waals surface area contributed by atoms with E-state index in [-0.39, 0.29) is 5.91 Å². The van der Waals surface area contributed by atoms with Gasteiger partial charge in [0.05, 0.1) is 11.7 Å². The Morgan fingerprint density at radius 2 is 2.16 bits per heavy atom. The standard InChI is InChI=1S/C13H17N5O/c1-2-4-12(14)13(19)17-10-5-3-6-11(7-10)18-8-15-16-9-18/h3,5-9,12H,2,4,14H2,1H3,(H,17,19)/t12-/m1/s1.